The molecule has 7 rings (SSSR count). The highest BCUT2D eigenvalue weighted by Gasteiger charge is 2.44. The number of benzene rings is 4. The minimum absolute atomic E-state index is 0.0438. The first-order valence-corrected chi connectivity index (χ1v) is 37.2. The zero-order chi connectivity index (χ0) is 72.4. The van der Waals surface area contributed by atoms with Crippen molar-refractivity contribution in [3.8, 4) is 5.75 Å². The second kappa shape index (κ2) is 38.1. The molecule has 8 N–H and O–H groups in total. The Bertz CT molecular complexity index is 3810. The fraction of sp³-hybridized carbons (Fsp3) is 0.481. The number of urea groups is 1. The molecule has 20 nitrogen and oxygen atoms in total. The van der Waals surface area contributed by atoms with Gasteiger partial charge in [0.05, 0.1) is 23.1 Å². The van der Waals surface area contributed by atoms with Crippen molar-refractivity contribution in [3.63, 3.8) is 0 Å². The molecule has 0 radical (unpaired) electrons. The molecule has 0 saturated carbocycles. The smallest absolute Gasteiger partial charge is 0.326 e. The number of carboxylic acids is 3. The fourth-order valence-electron chi connectivity index (χ4n) is 13.6. The van der Waals surface area contributed by atoms with Crippen LogP contribution in [0, 0.1) is 11.3 Å². The van der Waals surface area contributed by atoms with E-state index >= 15 is 0 Å². The van der Waals surface area contributed by atoms with Gasteiger partial charge in [-0.25, -0.2) is 9.59 Å². The largest absolute Gasteiger partial charge is 0.481 e. The SMILES string of the molecule is CCCCC[N+]1=C(/C=C/C2=C(Oc3ccc(C[C@H](CC(=O)[C@H](Cc4ccccc4)NC(=O)CCCCCCCCC(=N)CC(=O)CC[C@H](NC(=O)NCCCC(=O)O)C(=O)O)C(=O)O)cc3)C(=C/C=C3/N(CCCCS(=O)(=O)O)c4ccccc4C3(C)C)/CCC2)C(C)(C)c2ccccc21. The van der Waals surface area contributed by atoms with Crippen molar-refractivity contribution in [2.24, 2.45) is 5.92 Å². The summed E-state index contributed by atoms with van der Waals surface area (Å²) in [4.78, 5) is 90.2. The molecule has 2 aliphatic heterocycles. The Kier molecular flexibility index (Phi) is 29.9. The van der Waals surface area contributed by atoms with Crippen LogP contribution in [0.1, 0.15) is 198 Å². The number of ketones is 2. The number of carbonyl (C=O) groups is 7. The maximum absolute atomic E-state index is 14.3. The van der Waals surface area contributed by atoms with Gasteiger partial charge in [0, 0.05) is 91.8 Å². The number of fused-ring (bicyclic) bond motifs is 2. The molecule has 3 aliphatic rings. The van der Waals surface area contributed by atoms with E-state index in [4.69, 9.17) is 15.3 Å². The standard InChI is InChI=1S/C79H102N6O14S/c1-6-7-21-48-84-67-33-19-17-31-63(67)78(2,3)70(84)45-39-57-28-24-29-58(40-46-71-79(4,5)64-32-18-20-34-68(64)85(71)49-22-23-50-100(96,97)98)74(57)99-62-42-37-56(38-43-62)51-59(75(91)92)53-69(87)66(52-55-26-13-12-14-27-55)82-72(88)35-16-11-9-8-10-15-30-60(80)54-61(86)41-44-65(76(93)94)83-77(95)81-47-25-36-73(89)90/h12-14,17-20,26-27,31-34,37-40,42-43,45-46,59,65-66,80H,6-11,15-16,21-25,28-30,35-36,41,44,47-54H2,1-5H3,(H6-,81,82,83,88,89,90,91,92,93,94,95,96,97,98)/p+1/t59-,65+,66+/m1/s1. The molecule has 4 aromatic carbocycles. The first-order chi connectivity index (χ1) is 47.7. The molecule has 538 valence electrons. The lowest BCUT2D eigenvalue weighted by Gasteiger charge is -2.27. The van der Waals surface area contributed by atoms with Gasteiger partial charge in [0.1, 0.15) is 29.9 Å². The third-order valence-corrected chi connectivity index (χ3v) is 19.9. The van der Waals surface area contributed by atoms with E-state index in [0.29, 0.717) is 50.0 Å². The van der Waals surface area contributed by atoms with Crippen LogP contribution in [0.25, 0.3) is 0 Å². The van der Waals surface area contributed by atoms with Gasteiger partial charge in [0.15, 0.2) is 11.5 Å². The predicted molar refractivity (Wildman–Crippen MR) is 389 cm³/mol. The van der Waals surface area contributed by atoms with Crippen molar-refractivity contribution in [3.05, 3.63) is 172 Å². The Labute approximate surface area is 589 Å². The van der Waals surface area contributed by atoms with Crippen LogP contribution in [-0.2, 0) is 62.6 Å². The summed E-state index contributed by atoms with van der Waals surface area (Å²) in [5.41, 5.74) is 10.1. The van der Waals surface area contributed by atoms with Crippen molar-refractivity contribution in [2.45, 2.75) is 212 Å². The maximum atomic E-state index is 14.3. The van der Waals surface area contributed by atoms with Gasteiger partial charge >= 0.3 is 23.9 Å². The second-order valence-electron chi connectivity index (χ2n) is 27.7. The maximum Gasteiger partial charge on any atom is 0.326 e. The van der Waals surface area contributed by atoms with Crippen molar-refractivity contribution >= 4 is 74.3 Å². The summed E-state index contributed by atoms with van der Waals surface area (Å²) in [5, 5.41) is 44.8. The Hall–Kier alpha value is -8.82. The van der Waals surface area contributed by atoms with Crippen LogP contribution in [0.5, 0.6) is 5.75 Å². The number of nitrogens with one attached hydrogen (secondary N) is 4. The first kappa shape index (κ1) is 78.5. The average Bonchev–Trinajstić information content (AvgIpc) is 1.60. The third-order valence-electron chi connectivity index (χ3n) is 19.1. The summed E-state index contributed by atoms with van der Waals surface area (Å²) in [6.45, 7) is 12.7. The molecule has 0 saturated heterocycles. The number of para-hydroxylation sites is 2. The van der Waals surface area contributed by atoms with Gasteiger partial charge < -0.3 is 46.3 Å². The molecular weight excluding hydrogens is 1290 g/mol. The number of rotatable bonds is 43. The lowest BCUT2D eigenvalue weighted by molar-refractivity contribution is -0.438. The van der Waals surface area contributed by atoms with Crippen molar-refractivity contribution in [1.82, 2.24) is 16.0 Å². The summed E-state index contributed by atoms with van der Waals surface area (Å²) >= 11 is 0. The monoisotopic (exact) mass is 1390 g/mol. The Morgan fingerprint density at radius 3 is 2.03 bits per heavy atom. The van der Waals surface area contributed by atoms with Crippen LogP contribution in [0.4, 0.5) is 16.2 Å². The number of amides is 3. The molecule has 0 spiro atoms. The predicted octanol–water partition coefficient (Wildman–Crippen LogP) is 14.0. The lowest BCUT2D eigenvalue weighted by Crippen LogP contribution is -2.46. The quantitative estimate of drug-likeness (QED) is 0.00884. The number of hydrogen-bond donors (Lipinski definition) is 8. The number of nitrogens with zero attached hydrogens (tertiary/aromatic N) is 2. The number of hydrogen-bond acceptors (Lipinski definition) is 12. The summed E-state index contributed by atoms with van der Waals surface area (Å²) in [5.74, 6) is -4.61. The minimum atomic E-state index is -4.11. The molecule has 100 heavy (non-hydrogen) atoms. The highest BCUT2D eigenvalue weighted by atomic mass is 32.2. The van der Waals surface area contributed by atoms with Crippen molar-refractivity contribution in [1.29, 1.82) is 5.41 Å². The number of unbranched alkanes of at least 4 members (excludes halogenated alkanes) is 8. The molecule has 0 unspecified atom stereocenters. The summed E-state index contributed by atoms with van der Waals surface area (Å²) < 4.78 is 42.4. The van der Waals surface area contributed by atoms with Gasteiger partial charge in [-0.05, 0) is 156 Å². The van der Waals surface area contributed by atoms with E-state index in [1.54, 1.807) is 0 Å². The Morgan fingerprint density at radius 2 is 1.34 bits per heavy atom. The van der Waals surface area contributed by atoms with Crippen LogP contribution >= 0.6 is 0 Å². The van der Waals surface area contributed by atoms with Gasteiger partial charge in [-0.2, -0.15) is 13.0 Å². The van der Waals surface area contributed by atoms with Crippen LogP contribution in [0.3, 0.4) is 0 Å². The Balaban J connectivity index is 0.991. The summed E-state index contributed by atoms with van der Waals surface area (Å²) in [7, 11) is -4.11. The highest BCUT2D eigenvalue weighted by molar-refractivity contribution is 7.85. The number of allylic oxidation sites excluding steroid dienone is 7. The number of anilines is 1. The van der Waals surface area contributed by atoms with Gasteiger partial charge in [0.2, 0.25) is 11.6 Å². The fourth-order valence-corrected chi connectivity index (χ4v) is 14.2. The molecule has 2 heterocycles. The summed E-state index contributed by atoms with van der Waals surface area (Å²) in [6.07, 6.45) is 19.8. The number of Topliss-reactive ketones (excluding diaryl/α,β-unsaturated/α-hetero) is 2. The van der Waals surface area contributed by atoms with Crippen molar-refractivity contribution in [2.75, 3.05) is 30.3 Å². The molecule has 3 atom stereocenters. The van der Waals surface area contributed by atoms with E-state index in [0.717, 1.165) is 110 Å². The van der Waals surface area contributed by atoms with Gasteiger partial charge in [0.25, 0.3) is 10.1 Å². The number of ether oxygens (including phenoxy) is 1. The van der Waals surface area contributed by atoms with E-state index < -0.39 is 57.5 Å². The van der Waals surface area contributed by atoms with Gasteiger partial charge in [-0.3, -0.25) is 28.5 Å². The van der Waals surface area contributed by atoms with E-state index in [-0.39, 0.29) is 98.7 Å². The zero-order valence-electron chi connectivity index (χ0n) is 58.8. The third kappa shape index (κ3) is 23.7. The van der Waals surface area contributed by atoms with Crippen LogP contribution < -0.4 is 25.6 Å². The highest BCUT2D eigenvalue weighted by Crippen LogP contribution is 2.48. The zero-order valence-corrected chi connectivity index (χ0v) is 59.6. The normalized spacial score (nSPS) is 16.4. The molecule has 0 bridgehead atoms. The van der Waals surface area contributed by atoms with Crippen molar-refractivity contribution < 1.29 is 71.2 Å². The topological polar surface area (TPSA) is 310 Å². The van der Waals surface area contributed by atoms with Crippen LogP contribution in [0.15, 0.2) is 150 Å². The molecule has 0 fully saturated rings. The van der Waals surface area contributed by atoms with Crippen LogP contribution in [-0.4, -0.2) is 123 Å². The second-order valence-corrected chi connectivity index (χ2v) is 29.3. The van der Waals surface area contributed by atoms with E-state index in [1.807, 2.05) is 66.7 Å². The van der Waals surface area contributed by atoms with E-state index in [2.05, 4.69) is 121 Å². The lowest BCUT2D eigenvalue weighted by atomic mass is 9.81. The summed E-state index contributed by atoms with van der Waals surface area (Å²) in [6, 6.07) is 30.5. The van der Waals surface area contributed by atoms with Gasteiger partial charge in [-0.1, -0.05) is 138 Å². The molecule has 4 aromatic rings. The number of carbonyl (C=O) groups excluding carboxylic acids is 4. The molecular formula is C79H103N6O14S+. The number of aliphatic carboxylic acids is 3. The van der Waals surface area contributed by atoms with Gasteiger partial charge in [-0.15, -0.1) is 0 Å². The van der Waals surface area contributed by atoms with Crippen LogP contribution in [0.2, 0.25) is 0 Å². The molecule has 1 aliphatic carbocycles. The minimum Gasteiger partial charge on any atom is -0.481 e. The molecule has 0 aromatic heterocycles. The molecule has 21 heteroatoms. The average molecular weight is 1390 g/mol. The van der Waals surface area contributed by atoms with E-state index in [9.17, 15) is 56.7 Å². The number of carboxylic acid groups (broad SMARTS) is 3. The molecule has 3 amide bonds. The van der Waals surface area contributed by atoms with E-state index in [1.165, 1.54) is 17.0 Å². The first-order valence-electron chi connectivity index (χ1n) is 35.6. The Morgan fingerprint density at radius 1 is 0.670 bits per heavy atom.